The molecule has 0 aliphatic carbocycles. The Kier molecular flexibility index (Phi) is 6.79. The molecule has 10 heteroatoms. The van der Waals surface area contributed by atoms with Crippen molar-refractivity contribution in [3.63, 3.8) is 0 Å². The fourth-order valence-electron chi connectivity index (χ4n) is 3.75. The van der Waals surface area contributed by atoms with Crippen molar-refractivity contribution < 1.29 is 44.6 Å². The van der Waals surface area contributed by atoms with Gasteiger partial charge >= 0.3 is 6.18 Å². The molecule has 0 unspecified atom stereocenters. The first kappa shape index (κ1) is 25.3. The van der Waals surface area contributed by atoms with Crippen LogP contribution in [0.2, 0.25) is 0 Å². The van der Waals surface area contributed by atoms with E-state index in [1.54, 1.807) is 6.92 Å². The quantitative estimate of drug-likeness (QED) is 0.243. The molecule has 0 aliphatic rings. The van der Waals surface area contributed by atoms with Crippen LogP contribution in [0, 0.1) is 29.1 Å². The Morgan fingerprint density at radius 2 is 1.36 bits per heavy atom. The van der Waals surface area contributed by atoms with Crippen molar-refractivity contribution in [1.82, 2.24) is 0 Å². The van der Waals surface area contributed by atoms with Gasteiger partial charge in [0.15, 0.2) is 24.0 Å². The molecule has 0 radical (unpaired) electrons. The molecule has 36 heavy (non-hydrogen) atoms. The minimum Gasteiger partial charge on any atom is -0.494 e. The van der Waals surface area contributed by atoms with Crippen molar-refractivity contribution in [2.45, 2.75) is 13.1 Å². The second kappa shape index (κ2) is 9.67. The van der Waals surface area contributed by atoms with Gasteiger partial charge in [-0.15, -0.1) is 0 Å². The summed E-state index contributed by atoms with van der Waals surface area (Å²) in [6, 6.07) is 9.80. The number of rotatable bonds is 6. The summed E-state index contributed by atoms with van der Waals surface area (Å²) in [5.74, 6) is -6.67. The van der Waals surface area contributed by atoms with E-state index < -0.39 is 53.2 Å². The minimum atomic E-state index is -4.79. The maximum atomic E-state index is 15.0. The normalized spacial score (nSPS) is 11.7. The van der Waals surface area contributed by atoms with Gasteiger partial charge in [0.25, 0.3) is 0 Å². The van der Waals surface area contributed by atoms with Gasteiger partial charge in [-0.2, -0.15) is 13.2 Å². The average molecular weight is 512 g/mol. The molecule has 0 aliphatic heterocycles. The molecule has 0 aromatic heterocycles. The molecule has 0 atom stereocenters. The van der Waals surface area contributed by atoms with Gasteiger partial charge in [0.2, 0.25) is 0 Å². The summed E-state index contributed by atoms with van der Waals surface area (Å²) in [5.41, 5.74) is -0.413. The monoisotopic (exact) mass is 512 g/mol. The van der Waals surface area contributed by atoms with Crippen LogP contribution in [0.25, 0.3) is 33.0 Å². The molecule has 188 valence electrons. The van der Waals surface area contributed by atoms with Crippen molar-refractivity contribution in [1.29, 1.82) is 0 Å². The predicted molar refractivity (Wildman–Crippen MR) is 117 cm³/mol. The summed E-state index contributed by atoms with van der Waals surface area (Å²) >= 11 is 0. The lowest BCUT2D eigenvalue weighted by atomic mass is 9.97. The Morgan fingerprint density at radius 3 is 1.97 bits per heavy atom. The molecule has 4 aromatic rings. The smallest absolute Gasteiger partial charge is 0.422 e. The van der Waals surface area contributed by atoms with E-state index in [0.717, 1.165) is 30.3 Å². The molecule has 0 fully saturated rings. The zero-order valence-electron chi connectivity index (χ0n) is 18.5. The van der Waals surface area contributed by atoms with Gasteiger partial charge in [-0.05, 0) is 41.6 Å². The zero-order chi connectivity index (χ0) is 26.2. The molecule has 0 bridgehead atoms. The van der Waals surface area contributed by atoms with E-state index in [1.165, 1.54) is 24.3 Å². The third-order valence-corrected chi connectivity index (χ3v) is 5.26. The van der Waals surface area contributed by atoms with Crippen LogP contribution in [0.1, 0.15) is 6.92 Å². The van der Waals surface area contributed by atoms with Crippen molar-refractivity contribution >= 4 is 10.8 Å². The Hall–Kier alpha value is -3.82. The van der Waals surface area contributed by atoms with Gasteiger partial charge < -0.3 is 9.47 Å². The Labute approximate surface area is 199 Å². The molecule has 0 saturated carbocycles. The summed E-state index contributed by atoms with van der Waals surface area (Å²) in [5, 5.41) is -0.304. The van der Waals surface area contributed by atoms with Crippen molar-refractivity contribution in [2.75, 3.05) is 13.2 Å². The van der Waals surface area contributed by atoms with Crippen LogP contribution >= 0.6 is 0 Å². The highest BCUT2D eigenvalue weighted by Crippen LogP contribution is 2.36. The molecule has 0 spiro atoms. The van der Waals surface area contributed by atoms with Gasteiger partial charge in [-0.1, -0.05) is 24.3 Å². The molecule has 0 N–H and O–H groups in total. The van der Waals surface area contributed by atoms with Gasteiger partial charge in [0, 0.05) is 23.1 Å². The number of hydrogen-bond acceptors (Lipinski definition) is 2. The molecular weight excluding hydrogens is 496 g/mol. The Morgan fingerprint density at radius 1 is 0.694 bits per heavy atom. The highest BCUT2D eigenvalue weighted by molar-refractivity contribution is 5.89. The van der Waals surface area contributed by atoms with Gasteiger partial charge in [-0.25, -0.2) is 22.0 Å². The van der Waals surface area contributed by atoms with E-state index in [2.05, 4.69) is 4.74 Å². The fourth-order valence-corrected chi connectivity index (χ4v) is 3.75. The first-order chi connectivity index (χ1) is 17.0. The highest BCUT2D eigenvalue weighted by Gasteiger charge is 2.30. The fraction of sp³-hybridized carbons (Fsp3) is 0.154. The molecule has 4 aromatic carbocycles. The largest absolute Gasteiger partial charge is 0.494 e. The molecule has 0 heterocycles. The van der Waals surface area contributed by atoms with Crippen LogP contribution in [0.5, 0.6) is 11.5 Å². The standard InChI is InChI=1S/C26H16F8O2/c1-2-35-16-10-20(28)23(21(29)11-16)14-4-5-17(19(27)8-14)13-3-6-18-15(7-13)9-22(30)25(24(18)31)36-12-26(32,33)34/h3-11H,2,12H2,1H3. The molecule has 2 nitrogen and oxygen atoms in total. The SMILES string of the molecule is CCOc1cc(F)c(-c2ccc(-c3ccc4c(F)c(OCC(F)(F)F)c(F)cc4c3)c(F)c2)c(F)c1. The lowest BCUT2D eigenvalue weighted by Gasteiger charge is -2.13. The molecule has 0 saturated heterocycles. The number of ether oxygens (including phenoxy) is 2. The molecule has 0 amide bonds. The van der Waals surface area contributed by atoms with E-state index in [0.29, 0.717) is 0 Å². The molecule has 4 rings (SSSR count). The number of benzene rings is 4. The van der Waals surface area contributed by atoms with E-state index in [-0.39, 0.29) is 39.8 Å². The van der Waals surface area contributed by atoms with E-state index in [9.17, 15) is 35.1 Å². The first-order valence-corrected chi connectivity index (χ1v) is 10.5. The first-order valence-electron chi connectivity index (χ1n) is 10.5. The summed E-state index contributed by atoms with van der Waals surface area (Å²) in [4.78, 5) is 0. The van der Waals surface area contributed by atoms with Crippen LogP contribution < -0.4 is 9.47 Å². The van der Waals surface area contributed by atoms with Crippen molar-refractivity contribution in [2.24, 2.45) is 0 Å². The van der Waals surface area contributed by atoms with E-state index in [1.807, 2.05) is 0 Å². The Balaban J connectivity index is 1.70. The maximum absolute atomic E-state index is 15.0. The second-order valence-corrected chi connectivity index (χ2v) is 7.73. The lowest BCUT2D eigenvalue weighted by Crippen LogP contribution is -2.20. The number of alkyl halides is 3. The second-order valence-electron chi connectivity index (χ2n) is 7.73. The third-order valence-electron chi connectivity index (χ3n) is 5.26. The summed E-state index contributed by atoms with van der Waals surface area (Å²) in [6.45, 7) is -0.0332. The van der Waals surface area contributed by atoms with Crippen molar-refractivity contribution in [3.05, 3.63) is 83.7 Å². The van der Waals surface area contributed by atoms with Gasteiger partial charge in [-0.3, -0.25) is 0 Å². The van der Waals surface area contributed by atoms with Crippen LogP contribution in [-0.2, 0) is 0 Å². The third kappa shape index (κ3) is 5.07. The van der Waals surface area contributed by atoms with Crippen molar-refractivity contribution in [3.8, 4) is 33.8 Å². The number of fused-ring (bicyclic) bond motifs is 1. The van der Waals surface area contributed by atoms with Crippen LogP contribution in [-0.4, -0.2) is 19.4 Å². The molecular formula is C26H16F8O2. The van der Waals surface area contributed by atoms with Gasteiger partial charge in [0.1, 0.15) is 23.2 Å². The van der Waals surface area contributed by atoms with Crippen LogP contribution in [0.4, 0.5) is 35.1 Å². The summed E-state index contributed by atoms with van der Waals surface area (Å²) in [6.07, 6.45) is -4.79. The zero-order valence-corrected chi connectivity index (χ0v) is 18.5. The average Bonchev–Trinajstić information content (AvgIpc) is 2.77. The number of hydrogen-bond donors (Lipinski definition) is 0. The highest BCUT2D eigenvalue weighted by atomic mass is 19.4. The predicted octanol–water partition coefficient (Wildman–Crippen LogP) is 8.21. The number of halogens is 8. The van der Waals surface area contributed by atoms with Crippen LogP contribution in [0.3, 0.4) is 0 Å². The summed E-state index contributed by atoms with van der Waals surface area (Å²) in [7, 11) is 0. The minimum absolute atomic E-state index is 0.0177. The van der Waals surface area contributed by atoms with Gasteiger partial charge in [0.05, 0.1) is 12.2 Å². The maximum Gasteiger partial charge on any atom is 0.422 e. The Bertz CT molecular complexity index is 1420. The topological polar surface area (TPSA) is 18.5 Å². The lowest BCUT2D eigenvalue weighted by molar-refractivity contribution is -0.154. The van der Waals surface area contributed by atoms with E-state index >= 15 is 0 Å². The summed E-state index contributed by atoms with van der Waals surface area (Å²) < 4.78 is 119. The van der Waals surface area contributed by atoms with E-state index in [4.69, 9.17) is 4.74 Å². The van der Waals surface area contributed by atoms with Crippen LogP contribution in [0.15, 0.2) is 54.6 Å².